The number of hydrogen-bond acceptors (Lipinski definition) is 4. The zero-order chi connectivity index (χ0) is 17.0. The van der Waals surface area contributed by atoms with Gasteiger partial charge in [0.25, 0.3) is 0 Å². The molecule has 0 bridgehead atoms. The molecule has 0 saturated carbocycles. The lowest BCUT2D eigenvalue weighted by Gasteiger charge is -2.19. The maximum atomic E-state index is 12.9. The van der Waals surface area contributed by atoms with Crippen molar-refractivity contribution in [2.75, 3.05) is 19.1 Å². The molecule has 2 rings (SSSR count). The molecule has 0 N–H and O–H groups in total. The van der Waals surface area contributed by atoms with Crippen molar-refractivity contribution in [2.45, 2.75) is 25.9 Å². The van der Waals surface area contributed by atoms with Crippen molar-refractivity contribution in [3.8, 4) is 5.88 Å². The summed E-state index contributed by atoms with van der Waals surface area (Å²) in [6.07, 6.45) is -1.87. The van der Waals surface area contributed by atoms with Crippen LogP contribution >= 0.6 is 0 Å². The number of aromatic nitrogens is 2. The molecule has 0 saturated heterocycles. The summed E-state index contributed by atoms with van der Waals surface area (Å²) >= 11 is 0. The standard InChI is InChI=1S/C16H18F3N3O/c1-4-6-11-7-5-8-12(9-11)22(2)15-20-10-13(16(17,18)19)14(21-15)23-3/h5,7-10H,4,6H2,1-3H3. The van der Waals surface area contributed by atoms with Crippen LogP contribution in [0.5, 0.6) is 5.88 Å². The molecule has 0 unspecified atom stereocenters. The molecule has 1 aromatic heterocycles. The third-order valence-electron chi connectivity index (χ3n) is 3.38. The summed E-state index contributed by atoms with van der Waals surface area (Å²) in [6, 6.07) is 7.73. The number of aryl methyl sites for hydroxylation is 1. The average molecular weight is 325 g/mol. The summed E-state index contributed by atoms with van der Waals surface area (Å²) in [6.45, 7) is 2.08. The highest BCUT2D eigenvalue weighted by molar-refractivity contribution is 5.58. The first-order chi connectivity index (χ1) is 10.9. The van der Waals surface area contributed by atoms with Gasteiger partial charge in [-0.05, 0) is 24.1 Å². The first-order valence-electron chi connectivity index (χ1n) is 7.17. The van der Waals surface area contributed by atoms with Gasteiger partial charge in [-0.15, -0.1) is 0 Å². The Kier molecular flexibility index (Phi) is 5.08. The van der Waals surface area contributed by atoms with Crippen LogP contribution in [-0.2, 0) is 12.6 Å². The summed E-state index contributed by atoms with van der Waals surface area (Å²) < 4.78 is 43.3. The van der Waals surface area contributed by atoms with Crippen LogP contribution in [0.15, 0.2) is 30.5 Å². The molecule has 1 heterocycles. The van der Waals surface area contributed by atoms with E-state index in [1.165, 1.54) is 0 Å². The fraction of sp³-hybridized carbons (Fsp3) is 0.375. The lowest BCUT2D eigenvalue weighted by molar-refractivity contribution is -0.139. The van der Waals surface area contributed by atoms with Crippen molar-refractivity contribution in [3.63, 3.8) is 0 Å². The van der Waals surface area contributed by atoms with Crippen LogP contribution < -0.4 is 9.64 Å². The number of rotatable bonds is 5. The van der Waals surface area contributed by atoms with Crippen LogP contribution in [0.25, 0.3) is 0 Å². The number of alkyl halides is 3. The second kappa shape index (κ2) is 6.85. The van der Waals surface area contributed by atoms with Crippen molar-refractivity contribution in [1.29, 1.82) is 0 Å². The Morgan fingerprint density at radius 3 is 2.61 bits per heavy atom. The molecule has 23 heavy (non-hydrogen) atoms. The van der Waals surface area contributed by atoms with E-state index in [0.717, 1.165) is 37.4 Å². The normalized spacial score (nSPS) is 11.4. The quantitative estimate of drug-likeness (QED) is 0.825. The van der Waals surface area contributed by atoms with Gasteiger partial charge < -0.3 is 9.64 Å². The van der Waals surface area contributed by atoms with Crippen LogP contribution in [0.2, 0.25) is 0 Å². The molecule has 0 aliphatic carbocycles. The van der Waals surface area contributed by atoms with Crippen molar-refractivity contribution in [2.24, 2.45) is 0 Å². The Bertz CT molecular complexity index is 674. The molecule has 0 aliphatic rings. The van der Waals surface area contributed by atoms with E-state index in [2.05, 4.69) is 16.9 Å². The Hall–Kier alpha value is -2.31. The number of nitrogens with zero attached hydrogens (tertiary/aromatic N) is 3. The molecule has 0 amide bonds. The lowest BCUT2D eigenvalue weighted by atomic mass is 10.1. The first kappa shape index (κ1) is 17.1. The minimum atomic E-state index is -4.55. The predicted octanol–water partition coefficient (Wildman–Crippen LogP) is 4.22. The second-order valence-corrected chi connectivity index (χ2v) is 5.07. The van der Waals surface area contributed by atoms with Crippen LogP contribution in [0.3, 0.4) is 0 Å². The predicted molar refractivity (Wildman–Crippen MR) is 82.1 cm³/mol. The van der Waals surface area contributed by atoms with Crippen molar-refractivity contribution in [1.82, 2.24) is 9.97 Å². The van der Waals surface area contributed by atoms with Gasteiger partial charge in [-0.25, -0.2) is 4.98 Å². The van der Waals surface area contributed by atoms with Gasteiger partial charge in [-0.2, -0.15) is 18.2 Å². The van der Waals surface area contributed by atoms with Gasteiger partial charge in [-0.1, -0.05) is 25.5 Å². The van der Waals surface area contributed by atoms with Crippen molar-refractivity contribution < 1.29 is 17.9 Å². The molecule has 0 aliphatic heterocycles. The minimum absolute atomic E-state index is 0.142. The van der Waals surface area contributed by atoms with Gasteiger partial charge in [0.2, 0.25) is 11.8 Å². The molecular formula is C16H18F3N3O. The zero-order valence-corrected chi connectivity index (χ0v) is 13.2. The van der Waals surface area contributed by atoms with E-state index >= 15 is 0 Å². The molecule has 7 heteroatoms. The highest BCUT2D eigenvalue weighted by Gasteiger charge is 2.36. The van der Waals surface area contributed by atoms with E-state index in [9.17, 15) is 13.2 Å². The van der Waals surface area contributed by atoms with Crippen LogP contribution in [0.1, 0.15) is 24.5 Å². The van der Waals surface area contributed by atoms with Crippen LogP contribution in [0.4, 0.5) is 24.8 Å². The fourth-order valence-electron chi connectivity index (χ4n) is 2.19. The summed E-state index contributed by atoms with van der Waals surface area (Å²) in [4.78, 5) is 9.33. The molecule has 1 aromatic carbocycles. The van der Waals surface area contributed by atoms with Gasteiger partial charge in [0, 0.05) is 18.9 Å². The number of hydrogen-bond donors (Lipinski definition) is 0. The minimum Gasteiger partial charge on any atom is -0.480 e. The Morgan fingerprint density at radius 1 is 1.26 bits per heavy atom. The van der Waals surface area contributed by atoms with Crippen molar-refractivity contribution >= 4 is 11.6 Å². The maximum Gasteiger partial charge on any atom is 0.423 e. The molecule has 2 aromatic rings. The lowest BCUT2D eigenvalue weighted by Crippen LogP contribution is -2.16. The third kappa shape index (κ3) is 3.91. The molecule has 124 valence electrons. The molecule has 0 fully saturated rings. The van der Waals surface area contributed by atoms with Gasteiger partial charge in [-0.3, -0.25) is 0 Å². The summed E-state index contributed by atoms with van der Waals surface area (Å²) in [5, 5.41) is 0. The Balaban J connectivity index is 2.36. The topological polar surface area (TPSA) is 38.2 Å². The van der Waals surface area contributed by atoms with Crippen LogP contribution in [-0.4, -0.2) is 24.1 Å². The number of ether oxygens (including phenoxy) is 1. The summed E-state index contributed by atoms with van der Waals surface area (Å²) in [7, 11) is 2.86. The maximum absolute atomic E-state index is 12.9. The third-order valence-corrected chi connectivity index (χ3v) is 3.38. The monoisotopic (exact) mass is 325 g/mol. The van der Waals surface area contributed by atoms with E-state index in [-0.39, 0.29) is 5.95 Å². The van der Waals surface area contributed by atoms with E-state index in [1.54, 1.807) is 11.9 Å². The summed E-state index contributed by atoms with van der Waals surface area (Å²) in [5.41, 5.74) is 0.963. The first-order valence-corrected chi connectivity index (χ1v) is 7.17. The van der Waals surface area contributed by atoms with E-state index < -0.39 is 17.6 Å². The number of anilines is 2. The SMILES string of the molecule is CCCc1cccc(N(C)c2ncc(C(F)(F)F)c(OC)n2)c1. The number of methoxy groups -OCH3 is 1. The fourth-order valence-corrected chi connectivity index (χ4v) is 2.19. The number of halogens is 3. The smallest absolute Gasteiger partial charge is 0.423 e. The Labute approximate surface area is 132 Å². The van der Waals surface area contributed by atoms with Gasteiger partial charge in [0.05, 0.1) is 7.11 Å². The molecule has 0 spiro atoms. The largest absolute Gasteiger partial charge is 0.480 e. The van der Waals surface area contributed by atoms with E-state index in [1.807, 2.05) is 24.3 Å². The van der Waals surface area contributed by atoms with Gasteiger partial charge in [0.15, 0.2) is 0 Å². The number of benzene rings is 1. The second-order valence-electron chi connectivity index (χ2n) is 5.07. The molecule has 0 atom stereocenters. The highest BCUT2D eigenvalue weighted by atomic mass is 19.4. The van der Waals surface area contributed by atoms with Gasteiger partial charge in [0.1, 0.15) is 5.56 Å². The molecular weight excluding hydrogens is 307 g/mol. The Morgan fingerprint density at radius 2 is 2.00 bits per heavy atom. The highest BCUT2D eigenvalue weighted by Crippen LogP contribution is 2.35. The van der Waals surface area contributed by atoms with Crippen LogP contribution in [0, 0.1) is 0 Å². The van der Waals surface area contributed by atoms with E-state index in [0.29, 0.717) is 0 Å². The van der Waals surface area contributed by atoms with E-state index in [4.69, 9.17) is 4.74 Å². The van der Waals surface area contributed by atoms with Crippen molar-refractivity contribution in [3.05, 3.63) is 41.6 Å². The van der Waals surface area contributed by atoms with Gasteiger partial charge >= 0.3 is 6.18 Å². The average Bonchev–Trinajstić information content (AvgIpc) is 2.53. The molecule has 0 radical (unpaired) electrons. The molecule has 4 nitrogen and oxygen atoms in total. The summed E-state index contributed by atoms with van der Waals surface area (Å²) in [5.74, 6) is -0.345. The zero-order valence-electron chi connectivity index (χ0n) is 13.2.